The summed E-state index contributed by atoms with van der Waals surface area (Å²) in [6.07, 6.45) is 2.48. The molecule has 0 aromatic carbocycles. The predicted octanol–water partition coefficient (Wildman–Crippen LogP) is 2.40. The van der Waals surface area contributed by atoms with E-state index in [1.54, 1.807) is 0 Å². The molecule has 0 N–H and O–H groups in total. The van der Waals surface area contributed by atoms with Crippen molar-refractivity contribution in [3.8, 4) is 5.88 Å². The maximum absolute atomic E-state index is 5.50. The van der Waals surface area contributed by atoms with E-state index in [1.807, 2.05) is 18.2 Å². The highest BCUT2D eigenvalue weighted by molar-refractivity contribution is 9.10. The van der Waals surface area contributed by atoms with Gasteiger partial charge in [0.25, 0.3) is 0 Å². The minimum absolute atomic E-state index is 0.246. The van der Waals surface area contributed by atoms with Gasteiger partial charge in [-0.25, -0.2) is 4.98 Å². The number of halogens is 1. The smallest absolute Gasteiger partial charge is 0.214 e. The number of aromatic nitrogens is 1. The summed E-state index contributed by atoms with van der Waals surface area (Å²) in [4.78, 5) is 4.17. The summed E-state index contributed by atoms with van der Waals surface area (Å²) >= 11 is 3.29. The number of hydrogen-bond donors (Lipinski definition) is 0. The molecular weight excluding hydrogens is 246 g/mol. The standard InChI is InChI=1S/C10H12BrNO2/c11-9-4-1-5-10(12-9)14-7-8-3-2-6-13-8/h1,4-5,8H,2-3,6-7H2. The molecule has 0 spiro atoms. The van der Waals surface area contributed by atoms with E-state index in [0.717, 1.165) is 24.1 Å². The fourth-order valence-corrected chi connectivity index (χ4v) is 1.75. The molecule has 0 amide bonds. The van der Waals surface area contributed by atoms with Crippen LogP contribution in [-0.4, -0.2) is 24.3 Å². The molecule has 0 radical (unpaired) electrons. The Morgan fingerprint density at radius 2 is 2.50 bits per heavy atom. The molecule has 0 saturated carbocycles. The van der Waals surface area contributed by atoms with Crippen LogP contribution in [0.1, 0.15) is 12.8 Å². The van der Waals surface area contributed by atoms with Gasteiger partial charge in [-0.1, -0.05) is 6.07 Å². The molecule has 4 heteroatoms. The van der Waals surface area contributed by atoms with Crippen molar-refractivity contribution in [3.05, 3.63) is 22.8 Å². The minimum atomic E-state index is 0.246. The maximum Gasteiger partial charge on any atom is 0.214 e. The van der Waals surface area contributed by atoms with Crippen molar-refractivity contribution >= 4 is 15.9 Å². The molecule has 1 aliphatic rings. The van der Waals surface area contributed by atoms with Crippen LogP contribution in [0.3, 0.4) is 0 Å². The zero-order chi connectivity index (χ0) is 9.80. The molecule has 0 bridgehead atoms. The zero-order valence-electron chi connectivity index (χ0n) is 7.78. The van der Waals surface area contributed by atoms with Gasteiger partial charge >= 0.3 is 0 Å². The number of nitrogens with zero attached hydrogens (tertiary/aromatic N) is 1. The summed E-state index contributed by atoms with van der Waals surface area (Å²) < 4.78 is 11.7. The fraction of sp³-hybridized carbons (Fsp3) is 0.500. The molecule has 1 saturated heterocycles. The lowest BCUT2D eigenvalue weighted by molar-refractivity contribution is 0.0663. The Labute approximate surface area is 91.6 Å². The van der Waals surface area contributed by atoms with Crippen molar-refractivity contribution in [2.45, 2.75) is 18.9 Å². The lowest BCUT2D eigenvalue weighted by Gasteiger charge is -2.10. The van der Waals surface area contributed by atoms with Crippen molar-refractivity contribution in [2.24, 2.45) is 0 Å². The first kappa shape index (κ1) is 9.93. The fourth-order valence-electron chi connectivity index (χ4n) is 1.42. The molecule has 2 rings (SSSR count). The molecule has 14 heavy (non-hydrogen) atoms. The summed E-state index contributed by atoms with van der Waals surface area (Å²) in [5.41, 5.74) is 0. The number of ether oxygens (including phenoxy) is 2. The molecule has 1 fully saturated rings. The van der Waals surface area contributed by atoms with E-state index in [4.69, 9.17) is 9.47 Å². The summed E-state index contributed by atoms with van der Waals surface area (Å²) in [6, 6.07) is 5.63. The van der Waals surface area contributed by atoms with E-state index in [0.29, 0.717) is 12.5 Å². The van der Waals surface area contributed by atoms with Gasteiger partial charge in [0, 0.05) is 12.7 Å². The summed E-state index contributed by atoms with van der Waals surface area (Å²) in [7, 11) is 0. The van der Waals surface area contributed by atoms with E-state index in [2.05, 4.69) is 20.9 Å². The van der Waals surface area contributed by atoms with Gasteiger partial charge in [-0.3, -0.25) is 0 Å². The van der Waals surface area contributed by atoms with Crippen molar-refractivity contribution in [3.63, 3.8) is 0 Å². The van der Waals surface area contributed by atoms with E-state index in [9.17, 15) is 0 Å². The van der Waals surface area contributed by atoms with Crippen LogP contribution in [0.5, 0.6) is 5.88 Å². The Morgan fingerprint density at radius 1 is 1.57 bits per heavy atom. The van der Waals surface area contributed by atoms with Crippen molar-refractivity contribution in [1.29, 1.82) is 0 Å². The molecular formula is C10H12BrNO2. The average molecular weight is 258 g/mol. The predicted molar refractivity (Wildman–Crippen MR) is 56.4 cm³/mol. The monoisotopic (exact) mass is 257 g/mol. The lowest BCUT2D eigenvalue weighted by atomic mass is 10.2. The zero-order valence-corrected chi connectivity index (χ0v) is 9.37. The molecule has 0 aliphatic carbocycles. The van der Waals surface area contributed by atoms with Crippen LogP contribution in [-0.2, 0) is 4.74 Å². The van der Waals surface area contributed by atoms with Gasteiger partial charge in [0.05, 0.1) is 6.10 Å². The van der Waals surface area contributed by atoms with Crippen LogP contribution in [0.2, 0.25) is 0 Å². The Hall–Kier alpha value is -0.610. The second kappa shape index (κ2) is 4.75. The SMILES string of the molecule is Brc1cccc(OCC2CCCO2)n1. The normalized spacial score (nSPS) is 21.1. The highest BCUT2D eigenvalue weighted by Gasteiger charge is 2.16. The van der Waals surface area contributed by atoms with Crippen molar-refractivity contribution < 1.29 is 9.47 Å². The highest BCUT2D eigenvalue weighted by atomic mass is 79.9. The van der Waals surface area contributed by atoms with Crippen LogP contribution in [0.15, 0.2) is 22.8 Å². The van der Waals surface area contributed by atoms with E-state index >= 15 is 0 Å². The van der Waals surface area contributed by atoms with Gasteiger partial charge in [0.15, 0.2) is 0 Å². The first-order valence-electron chi connectivity index (χ1n) is 4.71. The van der Waals surface area contributed by atoms with Gasteiger partial charge in [-0.2, -0.15) is 0 Å². The first-order chi connectivity index (χ1) is 6.84. The maximum atomic E-state index is 5.50. The van der Waals surface area contributed by atoms with Gasteiger partial charge in [-0.15, -0.1) is 0 Å². The van der Waals surface area contributed by atoms with Gasteiger partial charge in [0.1, 0.15) is 11.2 Å². The molecule has 1 aromatic heterocycles. The number of hydrogen-bond acceptors (Lipinski definition) is 3. The van der Waals surface area contributed by atoms with Crippen LogP contribution >= 0.6 is 15.9 Å². The molecule has 3 nitrogen and oxygen atoms in total. The van der Waals surface area contributed by atoms with Crippen molar-refractivity contribution in [1.82, 2.24) is 4.98 Å². The van der Waals surface area contributed by atoms with Crippen LogP contribution in [0, 0.1) is 0 Å². The van der Waals surface area contributed by atoms with E-state index in [1.165, 1.54) is 0 Å². The summed E-state index contributed by atoms with van der Waals surface area (Å²) in [6.45, 7) is 1.46. The Bertz CT molecular complexity index is 300. The molecule has 1 atom stereocenters. The third-order valence-corrected chi connectivity index (χ3v) is 2.57. The topological polar surface area (TPSA) is 31.4 Å². The van der Waals surface area contributed by atoms with E-state index < -0.39 is 0 Å². The van der Waals surface area contributed by atoms with Crippen LogP contribution < -0.4 is 4.74 Å². The van der Waals surface area contributed by atoms with Crippen molar-refractivity contribution in [2.75, 3.05) is 13.2 Å². The quantitative estimate of drug-likeness (QED) is 0.780. The first-order valence-corrected chi connectivity index (χ1v) is 5.51. The number of pyridine rings is 1. The van der Waals surface area contributed by atoms with Gasteiger partial charge in [0.2, 0.25) is 5.88 Å². The second-order valence-electron chi connectivity index (χ2n) is 3.24. The second-order valence-corrected chi connectivity index (χ2v) is 4.06. The van der Waals surface area contributed by atoms with Crippen LogP contribution in [0.4, 0.5) is 0 Å². The third kappa shape index (κ3) is 2.69. The number of rotatable bonds is 3. The average Bonchev–Trinajstić information content (AvgIpc) is 2.67. The molecule has 1 aliphatic heterocycles. The van der Waals surface area contributed by atoms with Gasteiger partial charge in [-0.05, 0) is 34.8 Å². The highest BCUT2D eigenvalue weighted by Crippen LogP contribution is 2.15. The molecule has 2 heterocycles. The lowest BCUT2D eigenvalue weighted by Crippen LogP contribution is -2.16. The summed E-state index contributed by atoms with van der Waals surface area (Å²) in [5.74, 6) is 0.648. The molecule has 76 valence electrons. The Morgan fingerprint density at radius 3 is 3.21 bits per heavy atom. The summed E-state index contributed by atoms with van der Waals surface area (Å²) in [5, 5.41) is 0. The van der Waals surface area contributed by atoms with Crippen LogP contribution in [0.25, 0.3) is 0 Å². The molecule has 1 unspecified atom stereocenters. The van der Waals surface area contributed by atoms with E-state index in [-0.39, 0.29) is 6.10 Å². The minimum Gasteiger partial charge on any atom is -0.475 e. The Balaban J connectivity index is 1.85. The Kier molecular flexibility index (Phi) is 3.37. The molecule has 1 aromatic rings. The third-order valence-electron chi connectivity index (χ3n) is 2.13. The largest absolute Gasteiger partial charge is 0.475 e. The van der Waals surface area contributed by atoms with Gasteiger partial charge < -0.3 is 9.47 Å².